The summed E-state index contributed by atoms with van der Waals surface area (Å²) in [6, 6.07) is 8.54. The molecule has 0 radical (unpaired) electrons. The summed E-state index contributed by atoms with van der Waals surface area (Å²) in [4.78, 5) is 12.1. The Labute approximate surface area is 126 Å². The molecule has 1 N–H and O–H groups in total. The second-order valence-corrected chi connectivity index (χ2v) is 5.48. The van der Waals surface area contributed by atoms with E-state index in [9.17, 15) is 4.79 Å². The fourth-order valence-electron chi connectivity index (χ4n) is 1.86. The molecule has 0 spiro atoms. The molecule has 1 aromatic heterocycles. The van der Waals surface area contributed by atoms with E-state index in [0.717, 1.165) is 18.5 Å². The highest BCUT2D eigenvalue weighted by molar-refractivity contribution is 6.39. The Balaban J connectivity index is 1.78. The van der Waals surface area contributed by atoms with Crippen molar-refractivity contribution in [2.75, 3.05) is 5.32 Å². The van der Waals surface area contributed by atoms with Gasteiger partial charge in [0.25, 0.3) is 5.91 Å². The van der Waals surface area contributed by atoms with E-state index in [2.05, 4.69) is 15.5 Å². The third kappa shape index (κ3) is 2.76. The highest BCUT2D eigenvalue weighted by atomic mass is 35.5. The zero-order chi connectivity index (χ0) is 14.1. The molecule has 0 aliphatic heterocycles. The number of amides is 1. The van der Waals surface area contributed by atoms with Gasteiger partial charge in [0.15, 0.2) is 5.69 Å². The molecule has 1 heterocycles. The minimum atomic E-state index is -0.380. The Morgan fingerprint density at radius 2 is 1.80 bits per heavy atom. The molecule has 1 aliphatic carbocycles. The lowest BCUT2D eigenvalue weighted by molar-refractivity contribution is 0.102. The maximum Gasteiger partial charge on any atom is 0.276 e. The Morgan fingerprint density at radius 3 is 2.35 bits per heavy atom. The first kappa shape index (κ1) is 13.3. The van der Waals surface area contributed by atoms with Crippen LogP contribution in [-0.2, 0) is 0 Å². The van der Waals surface area contributed by atoms with Crippen LogP contribution in [0.5, 0.6) is 0 Å². The van der Waals surface area contributed by atoms with Crippen molar-refractivity contribution in [3.05, 3.63) is 51.8 Å². The number of carbonyl (C=O) groups excluding carboxylic acids is 1. The van der Waals surface area contributed by atoms with E-state index >= 15 is 0 Å². The molecule has 1 saturated carbocycles. The lowest BCUT2D eigenvalue weighted by Gasteiger charge is -2.08. The van der Waals surface area contributed by atoms with Crippen LogP contribution in [0.25, 0.3) is 0 Å². The average molecular weight is 308 g/mol. The largest absolute Gasteiger partial charge is 0.318 e. The Morgan fingerprint density at radius 1 is 1.10 bits per heavy atom. The van der Waals surface area contributed by atoms with Crippen LogP contribution in [0.3, 0.4) is 0 Å². The van der Waals surface area contributed by atoms with Gasteiger partial charge in [-0.3, -0.25) is 4.79 Å². The number of benzene rings is 1. The molecular weight excluding hydrogens is 297 g/mol. The minimum absolute atomic E-state index is 0.241. The monoisotopic (exact) mass is 307 g/mol. The third-order valence-corrected chi connectivity index (χ3v) is 3.74. The second kappa shape index (κ2) is 5.38. The smallest absolute Gasteiger partial charge is 0.276 e. The Kier molecular flexibility index (Phi) is 3.59. The molecule has 4 nitrogen and oxygen atoms in total. The van der Waals surface area contributed by atoms with E-state index in [4.69, 9.17) is 23.2 Å². The number of aromatic nitrogens is 2. The van der Waals surface area contributed by atoms with Crippen LogP contribution in [0.15, 0.2) is 30.3 Å². The Hall–Kier alpha value is -1.65. The summed E-state index contributed by atoms with van der Waals surface area (Å²) in [6.07, 6.45) is 2.30. The summed E-state index contributed by atoms with van der Waals surface area (Å²) < 4.78 is 0. The van der Waals surface area contributed by atoms with E-state index in [-0.39, 0.29) is 11.6 Å². The van der Waals surface area contributed by atoms with E-state index < -0.39 is 0 Å². The van der Waals surface area contributed by atoms with Crippen molar-refractivity contribution in [2.24, 2.45) is 0 Å². The predicted molar refractivity (Wildman–Crippen MR) is 78.4 cm³/mol. The summed E-state index contributed by atoms with van der Waals surface area (Å²) in [5, 5.41) is 11.4. The molecule has 102 valence electrons. The van der Waals surface area contributed by atoms with Crippen LogP contribution in [0, 0.1) is 0 Å². The summed E-state index contributed by atoms with van der Waals surface area (Å²) in [6.45, 7) is 0. The summed E-state index contributed by atoms with van der Waals surface area (Å²) in [7, 11) is 0. The molecule has 3 rings (SSSR count). The maximum absolute atomic E-state index is 12.1. The van der Waals surface area contributed by atoms with E-state index in [0.29, 0.717) is 21.7 Å². The normalized spacial score (nSPS) is 14.1. The molecule has 1 fully saturated rings. The highest BCUT2D eigenvalue weighted by Crippen LogP contribution is 2.38. The predicted octanol–water partition coefficient (Wildman–Crippen LogP) is 3.91. The fourth-order valence-corrected chi connectivity index (χ4v) is 2.35. The van der Waals surface area contributed by atoms with Gasteiger partial charge in [0, 0.05) is 5.92 Å². The summed E-state index contributed by atoms with van der Waals surface area (Å²) >= 11 is 12.0. The van der Waals surface area contributed by atoms with Gasteiger partial charge in [0.05, 0.1) is 21.4 Å². The fraction of sp³-hybridized carbons (Fsp3) is 0.214. The van der Waals surface area contributed by atoms with Gasteiger partial charge in [-0.25, -0.2) is 0 Å². The number of halogens is 2. The maximum atomic E-state index is 12.1. The number of hydrogen-bond acceptors (Lipinski definition) is 3. The number of nitrogens with one attached hydrogen (secondary N) is 1. The van der Waals surface area contributed by atoms with Gasteiger partial charge in [0.1, 0.15) is 0 Å². The quantitative estimate of drug-likeness (QED) is 0.935. The average Bonchev–Trinajstić information content (AvgIpc) is 3.28. The van der Waals surface area contributed by atoms with Gasteiger partial charge >= 0.3 is 0 Å². The van der Waals surface area contributed by atoms with Crippen LogP contribution in [-0.4, -0.2) is 16.1 Å². The zero-order valence-electron chi connectivity index (χ0n) is 10.4. The minimum Gasteiger partial charge on any atom is -0.318 e. The lowest BCUT2D eigenvalue weighted by atomic mass is 10.2. The topological polar surface area (TPSA) is 54.9 Å². The van der Waals surface area contributed by atoms with E-state index in [1.165, 1.54) is 0 Å². The van der Waals surface area contributed by atoms with Crippen LogP contribution in [0.4, 0.5) is 5.69 Å². The molecular formula is C14H11Cl2N3O. The van der Waals surface area contributed by atoms with Gasteiger partial charge < -0.3 is 5.32 Å². The molecule has 2 aromatic rings. The molecule has 1 aliphatic rings. The summed E-state index contributed by atoms with van der Waals surface area (Å²) in [5.41, 5.74) is 1.57. The Bertz CT molecular complexity index is 634. The number of nitrogens with zero attached hydrogens (tertiary/aromatic N) is 2. The SMILES string of the molecule is O=C(Nc1c(Cl)cccc1Cl)c1ccc(C2CC2)nn1. The van der Waals surface area contributed by atoms with Gasteiger partial charge in [-0.1, -0.05) is 29.3 Å². The number of anilines is 1. The van der Waals surface area contributed by atoms with Crippen LogP contribution >= 0.6 is 23.2 Å². The lowest BCUT2D eigenvalue weighted by Crippen LogP contribution is -2.15. The molecule has 0 saturated heterocycles. The van der Waals surface area contributed by atoms with E-state index in [1.807, 2.05) is 6.07 Å². The van der Waals surface area contributed by atoms with Crippen LogP contribution in [0.2, 0.25) is 10.0 Å². The van der Waals surface area contributed by atoms with Gasteiger partial charge in [-0.2, -0.15) is 5.10 Å². The van der Waals surface area contributed by atoms with Crippen molar-refractivity contribution in [1.29, 1.82) is 0 Å². The van der Waals surface area contributed by atoms with Crippen molar-refractivity contribution >= 4 is 34.8 Å². The number of rotatable bonds is 3. The van der Waals surface area contributed by atoms with Crippen molar-refractivity contribution < 1.29 is 4.79 Å². The first-order valence-corrected chi connectivity index (χ1v) is 7.00. The molecule has 0 unspecified atom stereocenters. The molecule has 1 aromatic carbocycles. The molecule has 6 heteroatoms. The van der Waals surface area contributed by atoms with Crippen molar-refractivity contribution in [1.82, 2.24) is 10.2 Å². The molecule has 0 bridgehead atoms. The van der Waals surface area contributed by atoms with Crippen LogP contribution < -0.4 is 5.32 Å². The van der Waals surface area contributed by atoms with Gasteiger partial charge in [-0.05, 0) is 37.1 Å². The number of hydrogen-bond donors (Lipinski definition) is 1. The molecule has 20 heavy (non-hydrogen) atoms. The molecule has 0 atom stereocenters. The highest BCUT2D eigenvalue weighted by Gasteiger charge is 2.25. The molecule has 1 amide bonds. The standard InChI is InChI=1S/C14H11Cl2N3O/c15-9-2-1-3-10(16)13(9)17-14(20)12-7-6-11(18-19-12)8-4-5-8/h1-3,6-8H,4-5H2,(H,17,20). The second-order valence-electron chi connectivity index (χ2n) is 4.67. The van der Waals surface area contributed by atoms with Gasteiger partial charge in [0.2, 0.25) is 0 Å². The van der Waals surface area contributed by atoms with Crippen LogP contribution in [0.1, 0.15) is 34.9 Å². The van der Waals surface area contributed by atoms with Crippen molar-refractivity contribution in [3.8, 4) is 0 Å². The zero-order valence-corrected chi connectivity index (χ0v) is 11.9. The summed E-state index contributed by atoms with van der Waals surface area (Å²) in [5.74, 6) is 0.132. The first-order valence-electron chi connectivity index (χ1n) is 6.24. The first-order chi connectivity index (χ1) is 9.65. The van der Waals surface area contributed by atoms with Crippen molar-refractivity contribution in [2.45, 2.75) is 18.8 Å². The third-order valence-electron chi connectivity index (χ3n) is 3.11. The van der Waals surface area contributed by atoms with Gasteiger partial charge in [-0.15, -0.1) is 5.10 Å². The number of carbonyl (C=O) groups is 1. The van der Waals surface area contributed by atoms with Crippen molar-refractivity contribution in [3.63, 3.8) is 0 Å². The number of para-hydroxylation sites is 1. The van der Waals surface area contributed by atoms with E-state index in [1.54, 1.807) is 24.3 Å².